The van der Waals surface area contributed by atoms with E-state index >= 15 is 0 Å². The predicted octanol–water partition coefficient (Wildman–Crippen LogP) is 4.27. The first-order chi connectivity index (χ1) is 16.0. The van der Waals surface area contributed by atoms with Crippen LogP contribution >= 0.6 is 11.6 Å². The van der Waals surface area contributed by atoms with Gasteiger partial charge in [0.1, 0.15) is 17.2 Å². The molecule has 3 aromatic rings. The van der Waals surface area contributed by atoms with Crippen LogP contribution in [0.3, 0.4) is 0 Å². The monoisotopic (exact) mass is 472 g/mol. The van der Waals surface area contributed by atoms with Crippen LogP contribution in [0.15, 0.2) is 40.9 Å². The van der Waals surface area contributed by atoms with Crippen LogP contribution in [0.5, 0.6) is 17.2 Å². The highest BCUT2D eigenvalue weighted by atomic mass is 35.5. The van der Waals surface area contributed by atoms with Gasteiger partial charge in [-0.2, -0.15) is 4.98 Å². The fourth-order valence-electron chi connectivity index (χ4n) is 3.73. The number of benzene rings is 2. The number of hydrogen-bond donors (Lipinski definition) is 1. The van der Waals surface area contributed by atoms with Crippen LogP contribution in [0.2, 0.25) is 5.02 Å². The number of carbonyl (C=O) groups excluding carboxylic acids is 1. The van der Waals surface area contributed by atoms with E-state index in [-0.39, 0.29) is 11.8 Å². The van der Waals surface area contributed by atoms with E-state index in [2.05, 4.69) is 15.5 Å². The summed E-state index contributed by atoms with van der Waals surface area (Å²) in [4.78, 5) is 19.4. The first-order valence-electron chi connectivity index (χ1n) is 10.5. The number of methoxy groups -OCH3 is 3. The van der Waals surface area contributed by atoms with E-state index in [0.717, 1.165) is 11.3 Å². The topological polar surface area (TPSA) is 99.0 Å². The van der Waals surface area contributed by atoms with Gasteiger partial charge in [-0.15, -0.1) is 0 Å². The molecule has 10 heteroatoms. The quantitative estimate of drug-likeness (QED) is 0.544. The fraction of sp³-hybridized carbons (Fsp3) is 0.348. The molecule has 4 rings (SSSR count). The highest BCUT2D eigenvalue weighted by Gasteiger charge is 2.28. The van der Waals surface area contributed by atoms with Gasteiger partial charge in [0.25, 0.3) is 0 Å². The summed E-state index contributed by atoms with van der Waals surface area (Å²) in [5, 5.41) is 7.41. The third kappa shape index (κ3) is 4.98. The summed E-state index contributed by atoms with van der Waals surface area (Å²) in [6, 6.07) is 11.2. The molecule has 1 N–H and O–H groups in total. The highest BCUT2D eigenvalue weighted by molar-refractivity contribution is 6.32. The van der Waals surface area contributed by atoms with Crippen molar-refractivity contribution in [2.45, 2.75) is 12.8 Å². The van der Waals surface area contributed by atoms with Crippen molar-refractivity contribution in [1.29, 1.82) is 0 Å². The number of rotatable bonds is 7. The maximum atomic E-state index is 12.9. The van der Waals surface area contributed by atoms with Crippen molar-refractivity contribution in [3.05, 3.63) is 41.4 Å². The zero-order valence-electron chi connectivity index (χ0n) is 18.6. The predicted molar refractivity (Wildman–Crippen MR) is 124 cm³/mol. The molecular weight excluding hydrogens is 448 g/mol. The van der Waals surface area contributed by atoms with Gasteiger partial charge in [0.2, 0.25) is 11.7 Å². The molecule has 1 amide bonds. The van der Waals surface area contributed by atoms with Crippen LogP contribution in [-0.4, -0.2) is 50.5 Å². The smallest absolute Gasteiger partial charge is 0.324 e. The summed E-state index contributed by atoms with van der Waals surface area (Å²) in [6.45, 7) is 1.26. The van der Waals surface area contributed by atoms with Crippen LogP contribution < -0.4 is 24.4 Å². The third-order valence-electron chi connectivity index (χ3n) is 5.63. The Hall–Kier alpha value is -3.46. The summed E-state index contributed by atoms with van der Waals surface area (Å²) >= 11 is 6.21. The molecule has 2 heterocycles. The standard InChI is InChI=1S/C23H25ClN4O5/c1-30-16-6-4-14(5-7-16)21-26-23(33-27-21)28-10-8-15(9-11-28)22(29)25-18-12-17(24)19(31-2)13-20(18)32-3/h4-7,12-13,15H,8-11H2,1-3H3,(H,25,29). The third-order valence-corrected chi connectivity index (χ3v) is 5.93. The van der Waals surface area contributed by atoms with E-state index in [0.29, 0.717) is 60.0 Å². The normalized spacial score (nSPS) is 14.1. The van der Waals surface area contributed by atoms with E-state index in [1.165, 1.54) is 14.2 Å². The molecule has 1 aliphatic heterocycles. The van der Waals surface area contributed by atoms with Gasteiger partial charge in [0, 0.05) is 30.6 Å². The SMILES string of the molecule is COc1ccc(-c2noc(N3CCC(C(=O)Nc4cc(Cl)c(OC)cc4OC)CC3)n2)cc1. The van der Waals surface area contributed by atoms with Crippen molar-refractivity contribution in [2.75, 3.05) is 44.6 Å². The molecule has 33 heavy (non-hydrogen) atoms. The maximum Gasteiger partial charge on any atom is 0.324 e. The molecule has 0 aliphatic carbocycles. The minimum Gasteiger partial charge on any atom is -0.497 e. The zero-order valence-corrected chi connectivity index (χ0v) is 19.4. The van der Waals surface area contributed by atoms with Gasteiger partial charge in [-0.25, -0.2) is 0 Å². The van der Waals surface area contributed by atoms with Gasteiger partial charge in [-0.3, -0.25) is 4.79 Å². The van der Waals surface area contributed by atoms with Gasteiger partial charge in [-0.1, -0.05) is 16.8 Å². The van der Waals surface area contributed by atoms with Crippen molar-refractivity contribution in [3.8, 4) is 28.6 Å². The lowest BCUT2D eigenvalue weighted by Gasteiger charge is -2.29. The van der Waals surface area contributed by atoms with Crippen molar-refractivity contribution in [2.24, 2.45) is 5.92 Å². The highest BCUT2D eigenvalue weighted by Crippen LogP contribution is 2.36. The first kappa shape index (κ1) is 22.7. The number of piperidine rings is 1. The molecule has 0 atom stereocenters. The van der Waals surface area contributed by atoms with E-state index in [4.69, 9.17) is 30.3 Å². The number of halogens is 1. The van der Waals surface area contributed by atoms with Gasteiger partial charge in [0.15, 0.2) is 0 Å². The molecule has 1 aliphatic rings. The van der Waals surface area contributed by atoms with E-state index in [1.807, 2.05) is 29.2 Å². The number of amides is 1. The van der Waals surface area contributed by atoms with Crippen molar-refractivity contribution < 1.29 is 23.5 Å². The molecule has 174 valence electrons. The average Bonchev–Trinajstić information content (AvgIpc) is 3.35. The lowest BCUT2D eigenvalue weighted by atomic mass is 9.96. The van der Waals surface area contributed by atoms with Crippen LogP contribution in [0.4, 0.5) is 11.7 Å². The van der Waals surface area contributed by atoms with Gasteiger partial charge in [-0.05, 0) is 43.2 Å². The second-order valence-electron chi connectivity index (χ2n) is 7.57. The Morgan fingerprint density at radius 2 is 1.76 bits per heavy atom. The number of nitrogens with zero attached hydrogens (tertiary/aromatic N) is 3. The second-order valence-corrected chi connectivity index (χ2v) is 7.97. The van der Waals surface area contributed by atoms with Gasteiger partial charge in [0.05, 0.1) is 32.0 Å². The average molecular weight is 473 g/mol. The molecule has 0 unspecified atom stereocenters. The van der Waals surface area contributed by atoms with Crippen molar-refractivity contribution >= 4 is 29.2 Å². The molecule has 0 saturated carbocycles. The minimum atomic E-state index is -0.157. The Kier molecular flexibility index (Phi) is 6.88. The van der Waals surface area contributed by atoms with Crippen molar-refractivity contribution in [3.63, 3.8) is 0 Å². The van der Waals surface area contributed by atoms with E-state index in [1.54, 1.807) is 19.2 Å². The molecule has 0 spiro atoms. The van der Waals surface area contributed by atoms with E-state index < -0.39 is 0 Å². The second kappa shape index (κ2) is 9.99. The molecular formula is C23H25ClN4O5. The van der Waals surface area contributed by atoms with Crippen molar-refractivity contribution in [1.82, 2.24) is 10.1 Å². The number of aromatic nitrogens is 2. The molecule has 9 nitrogen and oxygen atoms in total. The summed E-state index contributed by atoms with van der Waals surface area (Å²) in [7, 11) is 4.67. The Morgan fingerprint density at radius 1 is 1.06 bits per heavy atom. The summed E-state index contributed by atoms with van der Waals surface area (Å²) in [6.07, 6.45) is 1.30. The number of ether oxygens (including phenoxy) is 3. The number of nitrogens with one attached hydrogen (secondary N) is 1. The molecule has 1 aromatic heterocycles. The van der Waals surface area contributed by atoms with Crippen LogP contribution in [-0.2, 0) is 4.79 Å². The molecule has 0 radical (unpaired) electrons. The first-order valence-corrected chi connectivity index (χ1v) is 10.9. The molecule has 2 aromatic carbocycles. The number of hydrogen-bond acceptors (Lipinski definition) is 8. The van der Waals surface area contributed by atoms with Crippen LogP contribution in [0.25, 0.3) is 11.4 Å². The minimum absolute atomic E-state index is 0.0846. The largest absolute Gasteiger partial charge is 0.497 e. The fourth-order valence-corrected chi connectivity index (χ4v) is 3.97. The van der Waals surface area contributed by atoms with Crippen LogP contribution in [0, 0.1) is 5.92 Å². The summed E-state index contributed by atoms with van der Waals surface area (Å²) in [5.74, 6) is 2.00. The maximum absolute atomic E-state index is 12.9. The molecule has 0 bridgehead atoms. The lowest BCUT2D eigenvalue weighted by Crippen LogP contribution is -2.38. The van der Waals surface area contributed by atoms with E-state index in [9.17, 15) is 4.79 Å². The Labute approximate surface area is 196 Å². The van der Waals surface area contributed by atoms with Crippen LogP contribution in [0.1, 0.15) is 12.8 Å². The summed E-state index contributed by atoms with van der Waals surface area (Å²) < 4.78 is 21.2. The summed E-state index contributed by atoms with van der Waals surface area (Å²) in [5.41, 5.74) is 1.35. The Balaban J connectivity index is 1.37. The molecule has 1 saturated heterocycles. The lowest BCUT2D eigenvalue weighted by molar-refractivity contribution is -0.120. The van der Waals surface area contributed by atoms with Gasteiger partial charge >= 0.3 is 6.01 Å². The Morgan fingerprint density at radius 3 is 2.39 bits per heavy atom. The Bertz CT molecular complexity index is 1110. The number of carbonyl (C=O) groups is 1. The zero-order chi connectivity index (χ0) is 23.4. The van der Waals surface area contributed by atoms with Gasteiger partial charge < -0.3 is 29.0 Å². The molecule has 1 fully saturated rings. The number of anilines is 2.